The molecule has 0 radical (unpaired) electrons. The average Bonchev–Trinajstić information content (AvgIpc) is 3.11. The number of nitrogens with zero attached hydrogens (tertiary/aromatic N) is 2. The highest BCUT2D eigenvalue weighted by Crippen LogP contribution is 2.33. The Morgan fingerprint density at radius 1 is 1.31 bits per heavy atom. The molecule has 136 valence electrons. The quantitative estimate of drug-likeness (QED) is 0.783. The number of rotatable bonds is 5. The lowest BCUT2D eigenvalue weighted by atomic mass is 10.0. The fourth-order valence-electron chi connectivity index (χ4n) is 3.44. The number of likely N-dealkylation sites (tertiary alicyclic amines) is 1. The molecular formula is C19H21BrN4O2. The summed E-state index contributed by atoms with van der Waals surface area (Å²) in [5.41, 5.74) is 7.25. The molecular weight excluding hydrogens is 396 g/mol. The molecule has 3 N–H and O–H groups in total. The molecule has 0 saturated carbocycles. The van der Waals surface area contributed by atoms with Crippen molar-refractivity contribution in [3.8, 4) is 0 Å². The molecule has 2 heterocycles. The molecule has 26 heavy (non-hydrogen) atoms. The van der Waals surface area contributed by atoms with E-state index < -0.39 is 12.1 Å². The molecule has 1 aromatic carbocycles. The molecule has 3 rings (SSSR count). The summed E-state index contributed by atoms with van der Waals surface area (Å²) in [6, 6.07) is 10.4. The zero-order chi connectivity index (χ0) is 18.5. The molecule has 1 aliphatic rings. The smallest absolute Gasteiger partial charge is 0.312 e. The van der Waals surface area contributed by atoms with Crippen LogP contribution < -0.4 is 11.1 Å². The van der Waals surface area contributed by atoms with Crippen molar-refractivity contribution < 1.29 is 9.59 Å². The minimum absolute atomic E-state index is 0.00281. The number of nitrogens with one attached hydrogen (secondary N) is 1. The standard InChI is InChI=1S/C19H21BrN4O2/c20-15-4-1-3-14(11-15)16(23-19(21)26)12-18(25)24-10-2-5-17(24)13-6-8-22-9-7-13/h1,3-4,6-9,11,16-17H,2,5,10,12H2,(H3,21,23,26)/t16-,17+/m1/s1. The number of pyridine rings is 1. The van der Waals surface area contributed by atoms with Gasteiger partial charge in [-0.25, -0.2) is 4.79 Å². The van der Waals surface area contributed by atoms with Gasteiger partial charge in [0.2, 0.25) is 5.91 Å². The normalized spacial score (nSPS) is 17.7. The first-order chi connectivity index (χ1) is 12.5. The van der Waals surface area contributed by atoms with E-state index >= 15 is 0 Å². The maximum absolute atomic E-state index is 13.0. The van der Waals surface area contributed by atoms with E-state index in [9.17, 15) is 9.59 Å². The van der Waals surface area contributed by atoms with Gasteiger partial charge in [0.05, 0.1) is 18.5 Å². The van der Waals surface area contributed by atoms with Crippen molar-refractivity contribution in [2.75, 3.05) is 6.54 Å². The first-order valence-corrected chi connectivity index (χ1v) is 9.34. The van der Waals surface area contributed by atoms with Crippen LogP contribution in [0.2, 0.25) is 0 Å². The molecule has 0 aliphatic carbocycles. The molecule has 7 heteroatoms. The first kappa shape index (κ1) is 18.4. The van der Waals surface area contributed by atoms with Crippen LogP contribution in [0.25, 0.3) is 0 Å². The topological polar surface area (TPSA) is 88.3 Å². The number of nitrogens with two attached hydrogens (primary N) is 1. The third-order valence-corrected chi connectivity index (χ3v) is 5.10. The van der Waals surface area contributed by atoms with Crippen molar-refractivity contribution in [2.24, 2.45) is 5.73 Å². The molecule has 2 atom stereocenters. The van der Waals surface area contributed by atoms with Gasteiger partial charge in [-0.1, -0.05) is 28.1 Å². The van der Waals surface area contributed by atoms with Crippen LogP contribution in [-0.4, -0.2) is 28.4 Å². The third kappa shape index (κ3) is 4.40. The third-order valence-electron chi connectivity index (χ3n) is 4.61. The van der Waals surface area contributed by atoms with Gasteiger partial charge >= 0.3 is 6.03 Å². The summed E-state index contributed by atoms with van der Waals surface area (Å²) in [5.74, 6) is 0.00281. The molecule has 6 nitrogen and oxygen atoms in total. The molecule has 1 fully saturated rings. The monoisotopic (exact) mass is 416 g/mol. The van der Waals surface area contributed by atoms with Crippen molar-refractivity contribution >= 4 is 27.9 Å². The van der Waals surface area contributed by atoms with Gasteiger partial charge in [-0.3, -0.25) is 9.78 Å². The van der Waals surface area contributed by atoms with Crippen LogP contribution >= 0.6 is 15.9 Å². The number of amides is 3. The number of benzene rings is 1. The highest BCUT2D eigenvalue weighted by Gasteiger charge is 2.31. The number of hydrogen-bond donors (Lipinski definition) is 2. The Kier molecular flexibility index (Phi) is 5.88. The fourth-order valence-corrected chi connectivity index (χ4v) is 3.85. The predicted molar refractivity (Wildman–Crippen MR) is 102 cm³/mol. The van der Waals surface area contributed by atoms with E-state index in [1.165, 1.54) is 0 Å². The van der Waals surface area contributed by atoms with Gasteiger partial charge in [0.1, 0.15) is 0 Å². The minimum Gasteiger partial charge on any atom is -0.352 e. The number of carbonyl (C=O) groups excluding carboxylic acids is 2. The maximum Gasteiger partial charge on any atom is 0.312 e. The highest BCUT2D eigenvalue weighted by molar-refractivity contribution is 9.10. The largest absolute Gasteiger partial charge is 0.352 e. The molecule has 2 aromatic rings. The van der Waals surface area contributed by atoms with E-state index in [1.54, 1.807) is 12.4 Å². The number of hydrogen-bond acceptors (Lipinski definition) is 3. The van der Waals surface area contributed by atoms with Crippen LogP contribution in [0.5, 0.6) is 0 Å². The number of primary amides is 1. The summed E-state index contributed by atoms with van der Waals surface area (Å²) >= 11 is 3.42. The second-order valence-electron chi connectivity index (χ2n) is 6.35. The van der Waals surface area contributed by atoms with Gasteiger partial charge in [0, 0.05) is 23.4 Å². The zero-order valence-corrected chi connectivity index (χ0v) is 15.9. The average molecular weight is 417 g/mol. The summed E-state index contributed by atoms with van der Waals surface area (Å²) < 4.78 is 0.884. The highest BCUT2D eigenvalue weighted by atomic mass is 79.9. The minimum atomic E-state index is -0.644. The summed E-state index contributed by atoms with van der Waals surface area (Å²) in [6.07, 6.45) is 5.55. The van der Waals surface area contributed by atoms with Crippen LogP contribution in [0.3, 0.4) is 0 Å². The van der Waals surface area contributed by atoms with Gasteiger partial charge in [-0.2, -0.15) is 0 Å². The van der Waals surface area contributed by atoms with Crippen molar-refractivity contribution in [2.45, 2.75) is 31.3 Å². The number of aromatic nitrogens is 1. The lowest BCUT2D eigenvalue weighted by molar-refractivity contribution is -0.132. The van der Waals surface area contributed by atoms with Crippen LogP contribution in [0.1, 0.15) is 42.5 Å². The summed E-state index contributed by atoms with van der Waals surface area (Å²) in [6.45, 7) is 0.716. The Labute approximate surface area is 160 Å². The molecule has 0 bridgehead atoms. The van der Waals surface area contributed by atoms with Crippen molar-refractivity contribution in [3.05, 3.63) is 64.4 Å². The summed E-state index contributed by atoms with van der Waals surface area (Å²) in [5, 5.41) is 2.69. The Morgan fingerprint density at radius 2 is 2.08 bits per heavy atom. The van der Waals surface area contributed by atoms with Crippen molar-refractivity contribution in [3.63, 3.8) is 0 Å². The molecule has 0 unspecified atom stereocenters. The van der Waals surface area contributed by atoms with E-state index in [1.807, 2.05) is 41.3 Å². The Balaban J connectivity index is 1.77. The van der Waals surface area contributed by atoms with Gasteiger partial charge in [0.15, 0.2) is 0 Å². The molecule has 1 aromatic heterocycles. The van der Waals surface area contributed by atoms with E-state index in [-0.39, 0.29) is 18.4 Å². The summed E-state index contributed by atoms with van der Waals surface area (Å²) in [7, 11) is 0. The second kappa shape index (κ2) is 8.31. The molecule has 0 spiro atoms. The second-order valence-corrected chi connectivity index (χ2v) is 7.26. The molecule has 1 saturated heterocycles. The predicted octanol–water partition coefficient (Wildman–Crippen LogP) is 3.31. The van der Waals surface area contributed by atoms with E-state index in [2.05, 4.69) is 26.2 Å². The Morgan fingerprint density at radius 3 is 2.77 bits per heavy atom. The van der Waals surface area contributed by atoms with Gasteiger partial charge in [-0.05, 0) is 48.2 Å². The lowest BCUT2D eigenvalue weighted by Gasteiger charge is -2.27. The first-order valence-electron chi connectivity index (χ1n) is 8.55. The van der Waals surface area contributed by atoms with Crippen LogP contribution in [0.15, 0.2) is 53.3 Å². The van der Waals surface area contributed by atoms with Crippen LogP contribution in [0, 0.1) is 0 Å². The molecule has 3 amide bonds. The van der Waals surface area contributed by atoms with Crippen LogP contribution in [-0.2, 0) is 4.79 Å². The van der Waals surface area contributed by atoms with Crippen LogP contribution in [0.4, 0.5) is 4.79 Å². The Bertz CT molecular complexity index is 784. The zero-order valence-electron chi connectivity index (χ0n) is 14.3. The Hall–Kier alpha value is -2.41. The SMILES string of the molecule is NC(=O)N[C@H](CC(=O)N1CCC[C@H]1c1ccncc1)c1cccc(Br)c1. The van der Waals surface area contributed by atoms with Crippen molar-refractivity contribution in [1.29, 1.82) is 0 Å². The maximum atomic E-state index is 13.0. The number of urea groups is 1. The van der Waals surface area contributed by atoms with Gasteiger partial charge < -0.3 is 16.0 Å². The summed E-state index contributed by atoms with van der Waals surface area (Å²) in [4.78, 5) is 30.3. The van der Waals surface area contributed by atoms with Gasteiger partial charge in [0.25, 0.3) is 0 Å². The van der Waals surface area contributed by atoms with Gasteiger partial charge in [-0.15, -0.1) is 0 Å². The van der Waals surface area contributed by atoms with E-state index in [0.29, 0.717) is 6.54 Å². The lowest BCUT2D eigenvalue weighted by Crippen LogP contribution is -2.38. The number of carbonyl (C=O) groups is 2. The van der Waals surface area contributed by atoms with E-state index in [4.69, 9.17) is 5.73 Å². The number of halogens is 1. The van der Waals surface area contributed by atoms with Crippen molar-refractivity contribution in [1.82, 2.24) is 15.2 Å². The van der Waals surface area contributed by atoms with E-state index in [0.717, 1.165) is 28.4 Å². The molecule has 1 aliphatic heterocycles. The fraction of sp³-hybridized carbons (Fsp3) is 0.316.